The van der Waals surface area contributed by atoms with E-state index in [4.69, 9.17) is 0 Å². The van der Waals surface area contributed by atoms with Gasteiger partial charge in [-0.05, 0) is 73.6 Å². The van der Waals surface area contributed by atoms with Gasteiger partial charge in [0.05, 0.1) is 0 Å². The highest BCUT2D eigenvalue weighted by molar-refractivity contribution is 5.75. The molecule has 0 aliphatic rings. The zero-order valence-electron chi connectivity index (χ0n) is 14.1. The normalized spacial score (nSPS) is 10.6. The van der Waals surface area contributed by atoms with Gasteiger partial charge in [-0.3, -0.25) is 0 Å². The number of halogens is 1. The second kappa shape index (κ2) is 7.36. The zero-order valence-corrected chi connectivity index (χ0v) is 14.1. The summed E-state index contributed by atoms with van der Waals surface area (Å²) in [4.78, 5) is 11.1. The number of benzene rings is 2. The highest BCUT2D eigenvalue weighted by Crippen LogP contribution is 2.29. The molecular weight excluding hydrogens is 287 g/mol. The lowest BCUT2D eigenvalue weighted by atomic mass is 9.90. The van der Waals surface area contributed by atoms with Crippen LogP contribution in [-0.4, -0.2) is 5.78 Å². The largest absolute Gasteiger partial charge is 0.300 e. The Labute approximate surface area is 137 Å². The minimum Gasteiger partial charge on any atom is -0.300 e. The van der Waals surface area contributed by atoms with Gasteiger partial charge in [0.1, 0.15) is 11.6 Å². The highest BCUT2D eigenvalue weighted by Gasteiger charge is 2.10. The maximum atomic E-state index is 13.2. The summed E-state index contributed by atoms with van der Waals surface area (Å²) < 4.78 is 13.2. The van der Waals surface area contributed by atoms with Gasteiger partial charge in [-0.25, -0.2) is 4.39 Å². The molecule has 0 spiro atoms. The molecule has 0 radical (unpaired) electrons. The third-order valence-corrected chi connectivity index (χ3v) is 4.15. The molecule has 0 aliphatic heterocycles. The second-order valence-electron chi connectivity index (χ2n) is 6.23. The summed E-state index contributed by atoms with van der Waals surface area (Å²) in [5, 5.41) is 0. The van der Waals surface area contributed by atoms with Crippen LogP contribution in [0, 0.1) is 19.7 Å². The molecule has 0 heterocycles. The summed E-state index contributed by atoms with van der Waals surface area (Å²) in [5.41, 5.74) is 6.77. The molecule has 0 saturated carbocycles. The van der Waals surface area contributed by atoms with Gasteiger partial charge in [-0.1, -0.05) is 36.4 Å². The summed E-state index contributed by atoms with van der Waals surface area (Å²) in [7, 11) is 0. The lowest BCUT2D eigenvalue weighted by Gasteiger charge is -2.15. The Kier molecular flexibility index (Phi) is 5.49. The summed E-state index contributed by atoms with van der Waals surface area (Å²) >= 11 is 0. The average Bonchev–Trinajstić information content (AvgIpc) is 2.49. The van der Waals surface area contributed by atoms with Gasteiger partial charge < -0.3 is 4.79 Å². The second-order valence-corrected chi connectivity index (χ2v) is 6.23. The minimum atomic E-state index is -0.231. The van der Waals surface area contributed by atoms with E-state index in [-0.39, 0.29) is 11.6 Å². The first-order valence-electron chi connectivity index (χ1n) is 7.89. The van der Waals surface area contributed by atoms with Crippen molar-refractivity contribution in [2.45, 2.75) is 40.0 Å². The first-order chi connectivity index (χ1) is 10.9. The fraction of sp³-hybridized carbons (Fsp3) is 0.286. The van der Waals surface area contributed by atoms with Gasteiger partial charge >= 0.3 is 0 Å². The molecule has 23 heavy (non-hydrogen) atoms. The van der Waals surface area contributed by atoms with Crippen LogP contribution in [0.2, 0.25) is 0 Å². The van der Waals surface area contributed by atoms with Crippen LogP contribution in [0.4, 0.5) is 4.39 Å². The summed E-state index contributed by atoms with van der Waals surface area (Å²) in [6, 6.07) is 10.9. The van der Waals surface area contributed by atoms with Gasteiger partial charge in [0.2, 0.25) is 0 Å². The van der Waals surface area contributed by atoms with Gasteiger partial charge in [0, 0.05) is 6.42 Å². The monoisotopic (exact) mass is 310 g/mol. The average molecular weight is 310 g/mol. The van der Waals surface area contributed by atoms with E-state index in [1.54, 1.807) is 19.1 Å². The van der Waals surface area contributed by atoms with E-state index < -0.39 is 0 Å². The number of carbonyl (C=O) groups excluding carboxylic acids is 1. The van der Waals surface area contributed by atoms with Crippen LogP contribution in [0.1, 0.15) is 36.5 Å². The van der Waals surface area contributed by atoms with Gasteiger partial charge in [0.15, 0.2) is 0 Å². The molecular formula is C21H23FO. The Bertz CT molecular complexity index is 726. The Morgan fingerprint density at radius 2 is 1.65 bits per heavy atom. The summed E-state index contributed by atoms with van der Waals surface area (Å²) in [6.45, 7) is 9.88. The third kappa shape index (κ3) is 4.62. The molecule has 0 atom stereocenters. The number of hydrogen-bond donors (Lipinski definition) is 0. The number of carbonyl (C=O) groups is 1. The van der Waals surface area contributed by atoms with Crippen molar-refractivity contribution in [2.75, 3.05) is 0 Å². The lowest BCUT2D eigenvalue weighted by molar-refractivity contribution is -0.116. The van der Waals surface area contributed by atoms with Crippen molar-refractivity contribution in [1.29, 1.82) is 0 Å². The molecule has 0 aliphatic carbocycles. The first kappa shape index (κ1) is 17.1. The van der Waals surface area contributed by atoms with Crippen molar-refractivity contribution in [2.24, 2.45) is 0 Å². The number of allylic oxidation sites excluding steroid dienone is 1. The van der Waals surface area contributed by atoms with E-state index >= 15 is 0 Å². The molecule has 1 nitrogen and oxygen atoms in total. The van der Waals surface area contributed by atoms with Crippen LogP contribution in [-0.2, 0) is 11.2 Å². The Hall–Kier alpha value is -2.22. The van der Waals surface area contributed by atoms with Crippen LogP contribution in [0.25, 0.3) is 11.1 Å². The lowest BCUT2D eigenvalue weighted by Crippen LogP contribution is -1.98. The van der Waals surface area contributed by atoms with Crippen LogP contribution >= 0.6 is 0 Å². The molecule has 0 fully saturated rings. The predicted octanol–water partition coefficient (Wildman–Crippen LogP) is 5.58. The summed E-state index contributed by atoms with van der Waals surface area (Å²) in [5.74, 6) is -0.0463. The van der Waals surface area contributed by atoms with E-state index in [9.17, 15) is 9.18 Å². The standard InChI is InChI=1S/C21H23FO/c1-14(5-6-17(4)23)11-19-12-15(2)16(3)13-21(19)18-7-9-20(22)10-8-18/h7-10,12-13H,1,5-6,11H2,2-4H3. The number of rotatable bonds is 6. The zero-order chi connectivity index (χ0) is 17.0. The first-order valence-corrected chi connectivity index (χ1v) is 7.89. The van der Waals surface area contributed by atoms with Crippen LogP contribution in [0.5, 0.6) is 0 Å². The molecule has 0 unspecified atom stereocenters. The third-order valence-electron chi connectivity index (χ3n) is 4.15. The fourth-order valence-corrected chi connectivity index (χ4v) is 2.63. The van der Waals surface area contributed by atoms with E-state index in [0.29, 0.717) is 12.8 Å². The Morgan fingerprint density at radius 1 is 1.04 bits per heavy atom. The van der Waals surface area contributed by atoms with Crippen molar-refractivity contribution in [3.63, 3.8) is 0 Å². The molecule has 0 N–H and O–H groups in total. The van der Waals surface area contributed by atoms with E-state index in [0.717, 1.165) is 23.1 Å². The van der Waals surface area contributed by atoms with Gasteiger partial charge in [-0.2, -0.15) is 0 Å². The number of aryl methyl sites for hydroxylation is 2. The quantitative estimate of drug-likeness (QED) is 0.637. The van der Waals surface area contributed by atoms with Crippen molar-refractivity contribution in [3.8, 4) is 11.1 Å². The topological polar surface area (TPSA) is 17.1 Å². The van der Waals surface area contributed by atoms with Gasteiger partial charge in [-0.15, -0.1) is 0 Å². The van der Waals surface area contributed by atoms with Crippen LogP contribution < -0.4 is 0 Å². The highest BCUT2D eigenvalue weighted by atomic mass is 19.1. The minimum absolute atomic E-state index is 0.185. The SMILES string of the molecule is C=C(CCC(C)=O)Cc1cc(C)c(C)cc1-c1ccc(F)cc1. The van der Waals surface area contributed by atoms with Crippen molar-refractivity contribution >= 4 is 5.78 Å². The molecule has 0 amide bonds. The van der Waals surface area contributed by atoms with E-state index in [1.165, 1.54) is 28.8 Å². The summed E-state index contributed by atoms with van der Waals surface area (Å²) in [6.07, 6.45) is 1.99. The number of hydrogen-bond acceptors (Lipinski definition) is 1. The maximum absolute atomic E-state index is 13.2. The molecule has 120 valence electrons. The molecule has 2 heteroatoms. The van der Waals surface area contributed by atoms with Crippen LogP contribution in [0.15, 0.2) is 48.6 Å². The molecule has 2 aromatic carbocycles. The van der Waals surface area contributed by atoms with Crippen molar-refractivity contribution < 1.29 is 9.18 Å². The maximum Gasteiger partial charge on any atom is 0.130 e. The number of Topliss-reactive ketones (excluding diaryl/α,β-unsaturated/α-hetero) is 1. The van der Waals surface area contributed by atoms with Gasteiger partial charge in [0.25, 0.3) is 0 Å². The van der Waals surface area contributed by atoms with E-state index in [1.807, 2.05) is 0 Å². The predicted molar refractivity (Wildman–Crippen MR) is 94.1 cm³/mol. The molecule has 0 bridgehead atoms. The van der Waals surface area contributed by atoms with Crippen molar-refractivity contribution in [3.05, 3.63) is 71.1 Å². The molecule has 2 rings (SSSR count). The Balaban J connectivity index is 2.34. The molecule has 2 aromatic rings. The molecule has 0 aromatic heterocycles. The molecule has 0 saturated heterocycles. The Morgan fingerprint density at radius 3 is 2.26 bits per heavy atom. The van der Waals surface area contributed by atoms with Crippen LogP contribution in [0.3, 0.4) is 0 Å². The van der Waals surface area contributed by atoms with Crippen molar-refractivity contribution in [1.82, 2.24) is 0 Å². The number of ketones is 1. The fourth-order valence-electron chi connectivity index (χ4n) is 2.63. The smallest absolute Gasteiger partial charge is 0.130 e. The van der Waals surface area contributed by atoms with E-state index in [2.05, 4.69) is 32.6 Å².